The molecule has 0 atom stereocenters. The maximum absolute atomic E-state index is 12.6. The van der Waals surface area contributed by atoms with Crippen molar-refractivity contribution in [2.45, 2.75) is 36.6 Å². The maximum Gasteiger partial charge on any atom is 0.243 e. The van der Waals surface area contributed by atoms with Crippen molar-refractivity contribution in [2.75, 3.05) is 13.1 Å². The second-order valence-electron chi connectivity index (χ2n) is 6.58. The van der Waals surface area contributed by atoms with Crippen LogP contribution in [-0.2, 0) is 28.3 Å². The maximum atomic E-state index is 12.6. The fourth-order valence-corrected chi connectivity index (χ4v) is 4.63. The van der Waals surface area contributed by atoms with Crippen LogP contribution in [0.1, 0.15) is 24.8 Å². The number of piperidine rings is 1. The molecule has 0 unspecified atom stereocenters. The van der Waals surface area contributed by atoms with E-state index in [-0.39, 0.29) is 11.9 Å². The summed E-state index contributed by atoms with van der Waals surface area (Å²) in [5.41, 5.74) is 1.03. The summed E-state index contributed by atoms with van der Waals surface area (Å²) in [5.74, 6) is -0.00165. The van der Waals surface area contributed by atoms with Gasteiger partial charge in [-0.15, -0.1) is 0 Å². The number of benzene rings is 1. The summed E-state index contributed by atoms with van der Waals surface area (Å²) in [6.45, 7) is 0.843. The molecule has 0 saturated carbocycles. The number of hydrogen-bond donors (Lipinski definition) is 1. The molecule has 1 N–H and O–H groups in total. The number of aryl methyl sites for hydroxylation is 2. The summed E-state index contributed by atoms with van der Waals surface area (Å²) < 4.78 is 28.4. The topological polar surface area (TPSA) is 84.3 Å². The molecule has 0 aliphatic carbocycles. The van der Waals surface area contributed by atoms with Gasteiger partial charge in [0.2, 0.25) is 15.9 Å². The average molecular weight is 376 g/mol. The van der Waals surface area contributed by atoms with Crippen LogP contribution in [-0.4, -0.2) is 47.5 Å². The van der Waals surface area contributed by atoms with Crippen molar-refractivity contribution >= 4 is 15.9 Å². The van der Waals surface area contributed by atoms with Gasteiger partial charge in [-0.1, -0.05) is 18.2 Å². The Morgan fingerprint density at radius 3 is 2.54 bits per heavy atom. The van der Waals surface area contributed by atoms with Crippen molar-refractivity contribution in [1.82, 2.24) is 19.4 Å². The lowest BCUT2D eigenvalue weighted by Gasteiger charge is -2.31. The molecule has 1 aromatic carbocycles. The van der Waals surface area contributed by atoms with Gasteiger partial charge in [0.25, 0.3) is 0 Å². The highest BCUT2D eigenvalue weighted by molar-refractivity contribution is 7.89. The Bertz CT molecular complexity index is 840. The van der Waals surface area contributed by atoms with E-state index in [1.165, 1.54) is 4.31 Å². The zero-order valence-electron chi connectivity index (χ0n) is 14.8. The van der Waals surface area contributed by atoms with Crippen LogP contribution < -0.4 is 5.32 Å². The molecular weight excluding hydrogens is 352 g/mol. The minimum absolute atomic E-state index is 0.00165. The molecule has 140 valence electrons. The molecule has 0 spiro atoms. The molecule has 1 aromatic heterocycles. The predicted molar refractivity (Wildman–Crippen MR) is 97.9 cm³/mol. The van der Waals surface area contributed by atoms with Crippen molar-refractivity contribution < 1.29 is 13.2 Å². The van der Waals surface area contributed by atoms with Crippen LogP contribution >= 0.6 is 0 Å². The van der Waals surface area contributed by atoms with Gasteiger partial charge >= 0.3 is 0 Å². The Balaban J connectivity index is 1.47. The van der Waals surface area contributed by atoms with E-state index in [1.54, 1.807) is 41.2 Å². The summed E-state index contributed by atoms with van der Waals surface area (Å²) in [6, 6.07) is 8.50. The highest BCUT2D eigenvalue weighted by Crippen LogP contribution is 2.20. The monoisotopic (exact) mass is 376 g/mol. The van der Waals surface area contributed by atoms with Crippen LogP contribution in [0.2, 0.25) is 0 Å². The van der Waals surface area contributed by atoms with Crippen LogP contribution in [0, 0.1) is 0 Å². The number of carbonyl (C=O) groups excluding carboxylic acids is 1. The summed E-state index contributed by atoms with van der Waals surface area (Å²) in [6.07, 6.45) is 5.99. The third kappa shape index (κ3) is 4.50. The lowest BCUT2D eigenvalue weighted by molar-refractivity contribution is -0.122. The van der Waals surface area contributed by atoms with E-state index in [2.05, 4.69) is 10.4 Å². The van der Waals surface area contributed by atoms with Crippen LogP contribution in [0.5, 0.6) is 0 Å². The van der Waals surface area contributed by atoms with Crippen LogP contribution in [0.15, 0.2) is 47.6 Å². The van der Waals surface area contributed by atoms with Crippen LogP contribution in [0.25, 0.3) is 0 Å². The Kier molecular flexibility index (Phi) is 5.73. The number of nitrogens with zero attached hydrogens (tertiary/aromatic N) is 3. The van der Waals surface area contributed by atoms with Gasteiger partial charge in [-0.05, 0) is 37.0 Å². The van der Waals surface area contributed by atoms with E-state index < -0.39 is 10.0 Å². The van der Waals surface area contributed by atoms with Crippen molar-refractivity contribution in [3.63, 3.8) is 0 Å². The Morgan fingerprint density at radius 1 is 1.23 bits per heavy atom. The van der Waals surface area contributed by atoms with Gasteiger partial charge in [-0.2, -0.15) is 9.40 Å². The molecule has 1 aliphatic heterocycles. The van der Waals surface area contributed by atoms with Gasteiger partial charge in [0.05, 0.1) is 11.1 Å². The van der Waals surface area contributed by atoms with Gasteiger partial charge in [-0.25, -0.2) is 8.42 Å². The Labute approximate surface area is 154 Å². The molecule has 0 bridgehead atoms. The lowest BCUT2D eigenvalue weighted by atomic mass is 10.1. The van der Waals surface area contributed by atoms with E-state index in [0.29, 0.717) is 43.7 Å². The zero-order chi connectivity index (χ0) is 18.6. The fourth-order valence-electron chi connectivity index (χ4n) is 3.14. The second kappa shape index (κ2) is 8.01. The molecule has 2 heterocycles. The van der Waals surface area contributed by atoms with Crippen molar-refractivity contribution in [2.24, 2.45) is 7.05 Å². The van der Waals surface area contributed by atoms with Crippen molar-refractivity contribution in [3.05, 3.63) is 48.3 Å². The number of nitrogens with one attached hydrogen (secondary N) is 1. The SMILES string of the molecule is Cn1cc(CCC(=O)NC2CCN(S(=O)(=O)c3ccccc3)CC2)cn1. The quantitative estimate of drug-likeness (QED) is 0.824. The molecule has 7 nitrogen and oxygen atoms in total. The molecule has 1 aliphatic rings. The minimum atomic E-state index is -3.45. The fraction of sp³-hybridized carbons (Fsp3) is 0.444. The molecule has 8 heteroatoms. The second-order valence-corrected chi connectivity index (χ2v) is 8.52. The molecule has 2 aromatic rings. The molecule has 1 saturated heterocycles. The first-order valence-electron chi connectivity index (χ1n) is 8.77. The van der Waals surface area contributed by atoms with Gasteiger partial charge in [-0.3, -0.25) is 9.48 Å². The first-order valence-corrected chi connectivity index (χ1v) is 10.2. The van der Waals surface area contributed by atoms with Gasteiger partial charge in [0, 0.05) is 38.8 Å². The highest BCUT2D eigenvalue weighted by Gasteiger charge is 2.29. The van der Waals surface area contributed by atoms with Crippen molar-refractivity contribution in [1.29, 1.82) is 0 Å². The van der Waals surface area contributed by atoms with E-state index in [0.717, 1.165) is 5.56 Å². The molecular formula is C18H24N4O3S. The molecule has 1 amide bonds. The van der Waals surface area contributed by atoms with Crippen LogP contribution in [0.4, 0.5) is 0 Å². The van der Waals surface area contributed by atoms with Crippen LogP contribution in [0.3, 0.4) is 0 Å². The van der Waals surface area contributed by atoms with Gasteiger partial charge in [0.1, 0.15) is 0 Å². The predicted octanol–water partition coefficient (Wildman–Crippen LogP) is 1.32. The lowest BCUT2D eigenvalue weighted by Crippen LogP contribution is -2.46. The minimum Gasteiger partial charge on any atom is -0.353 e. The molecule has 26 heavy (non-hydrogen) atoms. The normalized spacial score (nSPS) is 16.5. The summed E-state index contributed by atoms with van der Waals surface area (Å²) in [4.78, 5) is 12.4. The smallest absolute Gasteiger partial charge is 0.243 e. The number of rotatable bonds is 6. The third-order valence-electron chi connectivity index (χ3n) is 4.60. The first-order chi connectivity index (χ1) is 12.4. The highest BCUT2D eigenvalue weighted by atomic mass is 32.2. The largest absolute Gasteiger partial charge is 0.353 e. The molecule has 0 radical (unpaired) electrons. The molecule has 1 fully saturated rings. The third-order valence-corrected chi connectivity index (χ3v) is 6.51. The Morgan fingerprint density at radius 2 is 1.92 bits per heavy atom. The standard InChI is InChI=1S/C18H24N4O3S/c1-21-14-15(13-19-21)7-8-18(23)20-16-9-11-22(12-10-16)26(24,25)17-5-3-2-4-6-17/h2-6,13-14,16H,7-12H2,1H3,(H,20,23). The summed E-state index contributed by atoms with van der Waals surface area (Å²) >= 11 is 0. The van der Waals surface area contributed by atoms with E-state index >= 15 is 0 Å². The van der Waals surface area contributed by atoms with E-state index in [1.807, 2.05) is 13.2 Å². The summed E-state index contributed by atoms with van der Waals surface area (Å²) in [5, 5.41) is 7.11. The molecule has 3 rings (SSSR count). The number of amides is 1. The Hall–Kier alpha value is -2.19. The number of aromatic nitrogens is 2. The van der Waals surface area contributed by atoms with Gasteiger partial charge in [0.15, 0.2) is 0 Å². The number of hydrogen-bond acceptors (Lipinski definition) is 4. The van der Waals surface area contributed by atoms with Gasteiger partial charge < -0.3 is 5.32 Å². The van der Waals surface area contributed by atoms with E-state index in [9.17, 15) is 13.2 Å². The first kappa shape index (κ1) is 18.6. The summed E-state index contributed by atoms with van der Waals surface area (Å²) in [7, 11) is -1.60. The van der Waals surface area contributed by atoms with E-state index in [4.69, 9.17) is 0 Å². The van der Waals surface area contributed by atoms with Crippen molar-refractivity contribution in [3.8, 4) is 0 Å². The average Bonchev–Trinajstić information content (AvgIpc) is 3.06. The number of sulfonamides is 1. The number of carbonyl (C=O) groups is 1. The zero-order valence-corrected chi connectivity index (χ0v) is 15.7.